The molecule has 0 bridgehead atoms. The minimum absolute atomic E-state index is 0.00801. The number of amides is 2. The van der Waals surface area contributed by atoms with E-state index in [4.69, 9.17) is 4.74 Å². The number of pyridine rings is 1. The van der Waals surface area contributed by atoms with Gasteiger partial charge in [0.1, 0.15) is 17.9 Å². The lowest BCUT2D eigenvalue weighted by Crippen LogP contribution is -2.36. The number of benzene rings is 1. The van der Waals surface area contributed by atoms with E-state index in [9.17, 15) is 31.1 Å². The fraction of sp³-hybridized carbons (Fsp3) is 0.280. The molecule has 0 unspecified atom stereocenters. The van der Waals surface area contributed by atoms with Crippen LogP contribution in [0.3, 0.4) is 0 Å². The van der Waals surface area contributed by atoms with Crippen molar-refractivity contribution in [2.45, 2.75) is 37.7 Å². The maximum Gasteiger partial charge on any atom is 0.451 e. The Morgan fingerprint density at radius 3 is 2.51 bits per heavy atom. The van der Waals surface area contributed by atoms with E-state index in [1.54, 1.807) is 40.2 Å². The van der Waals surface area contributed by atoms with Crippen LogP contribution in [0.15, 0.2) is 55.0 Å². The molecule has 4 aromatic rings. The van der Waals surface area contributed by atoms with Crippen LogP contribution in [-0.2, 0) is 6.18 Å². The van der Waals surface area contributed by atoms with Crippen LogP contribution in [0.25, 0.3) is 28.2 Å². The first-order chi connectivity index (χ1) is 18.4. The zero-order valence-electron chi connectivity index (χ0n) is 20.0. The van der Waals surface area contributed by atoms with Crippen molar-refractivity contribution in [3.8, 4) is 28.3 Å². The molecule has 0 radical (unpaired) electrons. The van der Waals surface area contributed by atoms with Gasteiger partial charge in [-0.3, -0.25) is 4.40 Å². The van der Waals surface area contributed by atoms with E-state index in [-0.39, 0.29) is 17.5 Å². The number of carbonyl (C=O) groups excluding carboxylic acids is 1. The van der Waals surface area contributed by atoms with Gasteiger partial charge in [0.25, 0.3) is 0 Å². The quantitative estimate of drug-likeness (QED) is 0.284. The normalized spacial score (nSPS) is 14.2. The monoisotopic (exact) mass is 550 g/mol. The molecule has 0 spiro atoms. The number of urea groups is 1. The van der Waals surface area contributed by atoms with Crippen LogP contribution in [0.2, 0.25) is 0 Å². The Morgan fingerprint density at radius 2 is 1.82 bits per heavy atom. The van der Waals surface area contributed by atoms with E-state index < -0.39 is 30.8 Å². The van der Waals surface area contributed by atoms with E-state index in [0.29, 0.717) is 28.2 Å². The highest BCUT2D eigenvalue weighted by Crippen LogP contribution is 2.33. The van der Waals surface area contributed by atoms with Gasteiger partial charge in [0.15, 0.2) is 0 Å². The lowest BCUT2D eigenvalue weighted by molar-refractivity contribution is -0.144. The highest BCUT2D eigenvalue weighted by atomic mass is 19.4. The first-order valence-electron chi connectivity index (χ1n) is 11.8. The minimum atomic E-state index is -4.69. The second-order valence-corrected chi connectivity index (χ2v) is 8.89. The van der Waals surface area contributed by atoms with E-state index in [1.807, 2.05) is 0 Å². The summed E-state index contributed by atoms with van der Waals surface area (Å²) in [4.78, 5) is 23.3. The molecule has 2 amide bonds. The molecule has 0 saturated heterocycles. The molecule has 3 aromatic heterocycles. The molecule has 2 N–H and O–H groups in total. The van der Waals surface area contributed by atoms with Gasteiger partial charge < -0.3 is 15.4 Å². The molecule has 1 aromatic carbocycles. The first-order valence-corrected chi connectivity index (χ1v) is 11.8. The number of aromatic nitrogens is 4. The van der Waals surface area contributed by atoms with Crippen LogP contribution in [0.1, 0.15) is 25.1 Å². The van der Waals surface area contributed by atoms with Crippen molar-refractivity contribution < 1.29 is 35.9 Å². The zero-order chi connectivity index (χ0) is 27.8. The van der Waals surface area contributed by atoms with Crippen molar-refractivity contribution in [2.75, 3.05) is 11.9 Å². The molecule has 5 rings (SSSR count). The number of anilines is 1. The van der Waals surface area contributed by atoms with Crippen LogP contribution in [0.5, 0.6) is 5.75 Å². The smallest absolute Gasteiger partial charge is 0.451 e. The standard InChI is InChI=1S/C25H20F6N6O2/c26-24(27,28)13-34-23(38)35-16-8-15(9-18(11-16)39-17-2-1-3-17)20-12-33-21-10-14(5-7-37(20)21)19-4-6-32-22(36-19)25(29,30)31/h4-12,17H,1-3,13H2,(H2,34,35,38). The molecule has 39 heavy (non-hydrogen) atoms. The number of nitrogens with one attached hydrogen (secondary N) is 2. The molecule has 1 saturated carbocycles. The van der Waals surface area contributed by atoms with Crippen LogP contribution < -0.4 is 15.4 Å². The number of carbonyl (C=O) groups is 1. The Morgan fingerprint density at radius 1 is 1.03 bits per heavy atom. The Kier molecular flexibility index (Phi) is 6.78. The van der Waals surface area contributed by atoms with Gasteiger partial charge in [0, 0.05) is 35.3 Å². The molecule has 3 heterocycles. The molecule has 1 aliphatic rings. The predicted octanol–water partition coefficient (Wildman–Crippen LogP) is 6.09. The summed E-state index contributed by atoms with van der Waals surface area (Å²) in [6.45, 7) is -1.49. The Labute approximate surface area is 217 Å². The Balaban J connectivity index is 1.46. The number of halogens is 6. The van der Waals surface area contributed by atoms with Gasteiger partial charge >= 0.3 is 18.4 Å². The van der Waals surface area contributed by atoms with Gasteiger partial charge in [-0.05, 0) is 49.6 Å². The summed E-state index contributed by atoms with van der Waals surface area (Å²) in [5, 5.41) is 4.16. The molecule has 1 aliphatic carbocycles. The number of hydrogen-bond donors (Lipinski definition) is 2. The number of nitrogens with zero attached hydrogens (tertiary/aromatic N) is 4. The second kappa shape index (κ2) is 10.1. The van der Waals surface area contributed by atoms with Gasteiger partial charge in [0.2, 0.25) is 5.82 Å². The summed E-state index contributed by atoms with van der Waals surface area (Å²) in [6.07, 6.45) is -2.38. The van der Waals surface area contributed by atoms with Crippen molar-refractivity contribution >= 4 is 17.4 Å². The molecule has 1 fully saturated rings. The molecular formula is C25H20F6N6O2. The third kappa shape index (κ3) is 6.21. The maximum absolute atomic E-state index is 13.0. The molecule has 0 atom stereocenters. The van der Waals surface area contributed by atoms with Gasteiger partial charge in [0.05, 0.1) is 23.7 Å². The zero-order valence-corrected chi connectivity index (χ0v) is 20.0. The molecule has 14 heteroatoms. The summed E-state index contributed by atoms with van der Waals surface area (Å²) >= 11 is 0. The highest BCUT2D eigenvalue weighted by molar-refractivity contribution is 5.90. The van der Waals surface area contributed by atoms with Crippen molar-refractivity contribution in [3.05, 3.63) is 60.8 Å². The fourth-order valence-corrected chi connectivity index (χ4v) is 3.93. The van der Waals surface area contributed by atoms with E-state index in [0.717, 1.165) is 25.5 Å². The Bertz CT molecular complexity index is 1510. The van der Waals surface area contributed by atoms with E-state index in [2.05, 4.69) is 20.3 Å². The largest absolute Gasteiger partial charge is 0.490 e. The highest BCUT2D eigenvalue weighted by Gasteiger charge is 2.34. The summed E-state index contributed by atoms with van der Waals surface area (Å²) < 4.78 is 84.2. The predicted molar refractivity (Wildman–Crippen MR) is 128 cm³/mol. The summed E-state index contributed by atoms with van der Waals surface area (Å²) in [6, 6.07) is 8.23. The number of imidazole rings is 1. The SMILES string of the molecule is O=C(NCC(F)(F)F)Nc1cc(OC2CCC2)cc(-c2cnc3cc(-c4ccnc(C(F)(F)F)n4)ccn23)c1. The van der Waals surface area contributed by atoms with E-state index >= 15 is 0 Å². The van der Waals surface area contributed by atoms with Gasteiger partial charge in [-0.1, -0.05) is 0 Å². The number of hydrogen-bond acceptors (Lipinski definition) is 5. The summed E-state index contributed by atoms with van der Waals surface area (Å²) in [5.41, 5.74) is 2.15. The third-order valence-corrected chi connectivity index (χ3v) is 5.98. The van der Waals surface area contributed by atoms with Crippen LogP contribution in [0.4, 0.5) is 36.8 Å². The third-order valence-electron chi connectivity index (χ3n) is 5.98. The number of ether oxygens (including phenoxy) is 1. The van der Waals surface area contributed by atoms with Crippen LogP contribution >= 0.6 is 0 Å². The van der Waals surface area contributed by atoms with Crippen molar-refractivity contribution in [2.24, 2.45) is 0 Å². The summed E-state index contributed by atoms with van der Waals surface area (Å²) in [5.74, 6) is -0.845. The lowest BCUT2D eigenvalue weighted by atomic mass is 9.96. The fourth-order valence-electron chi connectivity index (χ4n) is 3.93. The average molecular weight is 550 g/mol. The lowest BCUT2D eigenvalue weighted by Gasteiger charge is -2.27. The van der Waals surface area contributed by atoms with Crippen molar-refractivity contribution in [1.29, 1.82) is 0 Å². The first kappa shape index (κ1) is 26.3. The molecular weight excluding hydrogens is 530 g/mol. The average Bonchev–Trinajstić information content (AvgIpc) is 3.27. The van der Waals surface area contributed by atoms with Crippen LogP contribution in [-0.4, -0.2) is 44.2 Å². The topological polar surface area (TPSA) is 93.4 Å². The van der Waals surface area contributed by atoms with Gasteiger partial charge in [-0.2, -0.15) is 26.3 Å². The van der Waals surface area contributed by atoms with E-state index in [1.165, 1.54) is 18.3 Å². The number of rotatable bonds is 6. The molecule has 8 nitrogen and oxygen atoms in total. The van der Waals surface area contributed by atoms with Gasteiger partial charge in [-0.25, -0.2) is 19.7 Å². The molecule has 0 aliphatic heterocycles. The molecule has 204 valence electrons. The second-order valence-electron chi connectivity index (χ2n) is 8.89. The van der Waals surface area contributed by atoms with Gasteiger partial charge in [-0.15, -0.1) is 0 Å². The summed E-state index contributed by atoms with van der Waals surface area (Å²) in [7, 11) is 0. The number of alkyl halides is 6. The van der Waals surface area contributed by atoms with Crippen LogP contribution in [0, 0.1) is 0 Å². The minimum Gasteiger partial charge on any atom is -0.490 e. The number of fused-ring (bicyclic) bond motifs is 1. The van der Waals surface area contributed by atoms with Crippen molar-refractivity contribution in [1.82, 2.24) is 24.7 Å². The maximum atomic E-state index is 13.0. The Hall–Kier alpha value is -4.36. The van der Waals surface area contributed by atoms with Crippen molar-refractivity contribution in [3.63, 3.8) is 0 Å².